The zero-order valence-corrected chi connectivity index (χ0v) is 33.4. The van der Waals surface area contributed by atoms with Gasteiger partial charge in [-0.2, -0.15) is 0 Å². The van der Waals surface area contributed by atoms with Gasteiger partial charge in [-0.25, -0.2) is 4.39 Å². The number of aryl methyl sites for hydroxylation is 1. The van der Waals surface area contributed by atoms with Crippen LogP contribution in [0.5, 0.6) is 11.5 Å². The predicted molar refractivity (Wildman–Crippen MR) is 215 cm³/mol. The van der Waals surface area contributed by atoms with E-state index in [1.54, 1.807) is 47.2 Å². The van der Waals surface area contributed by atoms with Crippen LogP contribution in [-0.2, 0) is 20.9 Å². The van der Waals surface area contributed by atoms with E-state index in [4.69, 9.17) is 4.74 Å². The summed E-state index contributed by atoms with van der Waals surface area (Å²) in [6.07, 6.45) is 3.63. The minimum Gasteiger partial charge on any atom is -0.506 e. The number of hydrogen-bond donors (Lipinski definition) is 2. The number of nitrogens with zero attached hydrogens (tertiary/aromatic N) is 5. The molecule has 12 nitrogen and oxygen atoms in total. The number of piperidine rings is 2. The third kappa shape index (κ3) is 6.77. The van der Waals surface area contributed by atoms with Gasteiger partial charge < -0.3 is 24.5 Å². The molecule has 5 aliphatic rings. The molecule has 4 amide bonds. The first kappa shape index (κ1) is 38.7. The topological polar surface area (TPSA) is 126 Å². The Balaban J connectivity index is 0.880. The molecule has 302 valence electrons. The highest BCUT2D eigenvalue weighted by molar-refractivity contribution is 6.08. The molecule has 5 heterocycles. The van der Waals surface area contributed by atoms with E-state index < -0.39 is 23.4 Å². The van der Waals surface area contributed by atoms with Gasteiger partial charge in [-0.05, 0) is 92.5 Å². The fourth-order valence-corrected chi connectivity index (χ4v) is 9.96. The number of phenols is 1. The summed E-state index contributed by atoms with van der Waals surface area (Å²) in [4.78, 5) is 61.3. The summed E-state index contributed by atoms with van der Waals surface area (Å²) < 4.78 is 22.2. The van der Waals surface area contributed by atoms with Crippen molar-refractivity contribution in [2.24, 2.45) is 11.3 Å². The molecular formula is C44H53FN6O6. The molecule has 2 atom stereocenters. The summed E-state index contributed by atoms with van der Waals surface area (Å²) >= 11 is 0. The van der Waals surface area contributed by atoms with E-state index in [2.05, 4.69) is 26.1 Å². The Kier molecular flexibility index (Phi) is 10.4. The number of carbonyl (C=O) groups excluding carboxylic acids is 4. The van der Waals surface area contributed by atoms with E-state index in [-0.39, 0.29) is 35.7 Å². The van der Waals surface area contributed by atoms with Crippen LogP contribution in [-0.4, -0.2) is 97.5 Å². The molecule has 0 aromatic heterocycles. The molecule has 0 bridgehead atoms. The van der Waals surface area contributed by atoms with Crippen molar-refractivity contribution in [3.05, 3.63) is 76.6 Å². The lowest BCUT2D eigenvalue weighted by molar-refractivity contribution is -0.141. The molecule has 5 aliphatic heterocycles. The van der Waals surface area contributed by atoms with Gasteiger partial charge in [-0.1, -0.05) is 19.9 Å². The number of nitrogens with one attached hydrogen (secondary N) is 1. The summed E-state index contributed by atoms with van der Waals surface area (Å²) in [5.41, 5.74) is 4.34. The number of hydrogen-bond acceptors (Lipinski definition) is 9. The summed E-state index contributed by atoms with van der Waals surface area (Å²) in [5.74, 6) is -0.220. The number of benzene rings is 3. The molecule has 3 aromatic rings. The fraction of sp³-hybridized carbons (Fsp3) is 0.500. The molecule has 0 aliphatic carbocycles. The normalized spacial score (nSPS) is 22.8. The summed E-state index contributed by atoms with van der Waals surface area (Å²) in [5, 5.41) is 13.2. The zero-order valence-electron chi connectivity index (χ0n) is 33.4. The van der Waals surface area contributed by atoms with Gasteiger partial charge in [0.1, 0.15) is 23.4 Å². The van der Waals surface area contributed by atoms with Crippen molar-refractivity contribution in [2.45, 2.75) is 77.9 Å². The van der Waals surface area contributed by atoms with Crippen molar-refractivity contribution >= 4 is 40.7 Å². The highest BCUT2D eigenvalue weighted by Gasteiger charge is 2.60. The Labute approximate surface area is 333 Å². The maximum atomic E-state index is 16.3. The second kappa shape index (κ2) is 15.3. The van der Waals surface area contributed by atoms with E-state index in [1.807, 2.05) is 32.9 Å². The van der Waals surface area contributed by atoms with Gasteiger partial charge in [0.25, 0.3) is 5.91 Å². The first-order chi connectivity index (χ1) is 27.5. The van der Waals surface area contributed by atoms with Crippen LogP contribution >= 0.6 is 0 Å². The highest BCUT2D eigenvalue weighted by atomic mass is 19.1. The molecule has 8 rings (SSSR count). The maximum Gasteiger partial charge on any atom is 0.255 e. The van der Waals surface area contributed by atoms with Crippen LogP contribution in [0.15, 0.2) is 48.5 Å². The number of ether oxygens (including phenoxy) is 1. The van der Waals surface area contributed by atoms with Crippen molar-refractivity contribution in [2.75, 3.05) is 67.6 Å². The van der Waals surface area contributed by atoms with Crippen LogP contribution in [0.4, 0.5) is 21.5 Å². The van der Waals surface area contributed by atoms with Crippen LogP contribution in [0, 0.1) is 24.1 Å². The van der Waals surface area contributed by atoms with Crippen molar-refractivity contribution in [3.8, 4) is 11.5 Å². The molecule has 2 N–H and O–H groups in total. The molecule has 3 aromatic carbocycles. The summed E-state index contributed by atoms with van der Waals surface area (Å²) in [6, 6.07) is 13.4. The molecule has 13 heteroatoms. The van der Waals surface area contributed by atoms with E-state index in [0.717, 1.165) is 75.5 Å². The van der Waals surface area contributed by atoms with E-state index >= 15 is 4.39 Å². The monoisotopic (exact) mass is 780 g/mol. The van der Waals surface area contributed by atoms with Crippen LogP contribution in [0.1, 0.15) is 85.5 Å². The maximum absolute atomic E-state index is 16.3. The van der Waals surface area contributed by atoms with Gasteiger partial charge in [0.05, 0.1) is 29.9 Å². The lowest BCUT2D eigenvalue weighted by Crippen LogP contribution is -2.63. The Bertz CT molecular complexity index is 2090. The number of aromatic hydroxyl groups is 1. The van der Waals surface area contributed by atoms with Gasteiger partial charge in [0.15, 0.2) is 0 Å². The molecule has 4 fully saturated rings. The zero-order chi connectivity index (χ0) is 40.2. The number of amides is 4. The van der Waals surface area contributed by atoms with Gasteiger partial charge >= 0.3 is 0 Å². The predicted octanol–water partition coefficient (Wildman–Crippen LogP) is 5.54. The Morgan fingerprint density at radius 1 is 0.877 bits per heavy atom. The smallest absolute Gasteiger partial charge is 0.255 e. The van der Waals surface area contributed by atoms with Crippen LogP contribution in [0.25, 0.3) is 0 Å². The minimum absolute atomic E-state index is 0.0139. The third-order valence-corrected chi connectivity index (χ3v) is 13.4. The van der Waals surface area contributed by atoms with E-state index in [1.165, 1.54) is 0 Å². The van der Waals surface area contributed by atoms with E-state index in [9.17, 15) is 24.3 Å². The molecular weight excluding hydrogens is 728 g/mol. The molecule has 0 unspecified atom stereocenters. The number of β-lactam (4-membered cyclic amide) rings is 1. The standard InChI is InChI=1S/C44H53FN6O6/c1-5-44(6-2)40(51(43(44)56)36-21-27(3)7-11-37(36)52)32-23-33(45)35(24-38(32)57-4)49-15-13-28(14-16-49)25-47-17-19-48(20-18-47)30-8-9-31-29(22-30)26-50(42(31)55)34-10-12-39(53)46-41(34)54/h7-9,11,21-24,28,34,40,52H,5-6,10,12-20,25-26H2,1-4H3,(H,46,53,54)/t34-,40-/m0/s1. The van der Waals surface area contributed by atoms with Gasteiger partial charge in [0.2, 0.25) is 17.7 Å². The highest BCUT2D eigenvalue weighted by Crippen LogP contribution is 2.59. The van der Waals surface area contributed by atoms with Gasteiger partial charge in [-0.15, -0.1) is 0 Å². The molecule has 0 saturated carbocycles. The number of halogens is 1. The van der Waals surface area contributed by atoms with E-state index in [0.29, 0.717) is 60.0 Å². The number of fused-ring (bicyclic) bond motifs is 1. The van der Waals surface area contributed by atoms with Crippen molar-refractivity contribution in [3.63, 3.8) is 0 Å². The Hall–Kier alpha value is -5.17. The number of imide groups is 1. The largest absolute Gasteiger partial charge is 0.506 e. The van der Waals surface area contributed by atoms with Gasteiger partial charge in [-0.3, -0.25) is 34.3 Å². The van der Waals surface area contributed by atoms with Crippen LogP contribution in [0.3, 0.4) is 0 Å². The number of anilines is 3. The lowest BCUT2D eigenvalue weighted by Gasteiger charge is -2.56. The van der Waals surface area contributed by atoms with Gasteiger partial charge in [0, 0.05) is 81.7 Å². The minimum atomic E-state index is -0.732. The second-order valence-electron chi connectivity index (χ2n) is 16.4. The number of phenolic OH excluding ortho intramolecular Hbond substituents is 1. The average Bonchev–Trinajstić information content (AvgIpc) is 3.54. The third-order valence-electron chi connectivity index (χ3n) is 13.4. The lowest BCUT2D eigenvalue weighted by atomic mass is 9.64. The molecule has 0 spiro atoms. The fourth-order valence-electron chi connectivity index (χ4n) is 9.96. The average molecular weight is 781 g/mol. The number of carbonyl (C=O) groups is 4. The molecule has 0 radical (unpaired) electrons. The quantitative estimate of drug-likeness (QED) is 0.202. The first-order valence-corrected chi connectivity index (χ1v) is 20.5. The van der Waals surface area contributed by atoms with Crippen LogP contribution in [0.2, 0.25) is 0 Å². The first-order valence-electron chi connectivity index (χ1n) is 20.5. The van der Waals surface area contributed by atoms with Crippen molar-refractivity contribution < 1.29 is 33.4 Å². The Morgan fingerprint density at radius 2 is 1.61 bits per heavy atom. The second-order valence-corrected chi connectivity index (χ2v) is 16.4. The number of methoxy groups -OCH3 is 1. The summed E-state index contributed by atoms with van der Waals surface area (Å²) in [6.45, 7) is 12.3. The number of rotatable bonds is 10. The Morgan fingerprint density at radius 3 is 2.30 bits per heavy atom. The SMILES string of the molecule is CCC1(CC)C(=O)N(c2cc(C)ccc2O)[C@H]1c1cc(F)c(N2CCC(CN3CCN(c4ccc5c(c4)CN([C@H]4CCC(=O)NC4=O)C5=O)CC3)CC2)cc1OC. The molecule has 57 heavy (non-hydrogen) atoms. The van der Waals surface area contributed by atoms with Crippen molar-refractivity contribution in [1.29, 1.82) is 0 Å². The van der Waals surface area contributed by atoms with Crippen molar-refractivity contribution in [1.82, 2.24) is 15.1 Å². The molecule has 4 saturated heterocycles. The summed E-state index contributed by atoms with van der Waals surface area (Å²) in [7, 11) is 1.59. The van der Waals surface area contributed by atoms with Crippen LogP contribution < -0.4 is 24.8 Å². The number of piperazine rings is 1.